The number of nitrogens with one attached hydrogen (secondary N) is 1. The maximum absolute atomic E-state index is 11.6. The molecule has 0 bridgehead atoms. The molecule has 1 N–H and O–H groups in total. The normalized spacial score (nSPS) is 12.4. The van der Waals surface area contributed by atoms with Gasteiger partial charge >= 0.3 is 5.97 Å². The first kappa shape index (κ1) is 14.2. The van der Waals surface area contributed by atoms with Crippen molar-refractivity contribution >= 4 is 17.3 Å². The van der Waals surface area contributed by atoms with Gasteiger partial charge in [0.1, 0.15) is 6.04 Å². The van der Waals surface area contributed by atoms with Gasteiger partial charge in [0.2, 0.25) is 0 Å². The van der Waals surface area contributed by atoms with Gasteiger partial charge in [0.25, 0.3) is 0 Å². The van der Waals surface area contributed by atoms with Gasteiger partial charge in [-0.05, 0) is 31.2 Å². The minimum atomic E-state index is -0.153. The molecule has 1 aromatic rings. The summed E-state index contributed by atoms with van der Waals surface area (Å²) < 4.78 is 5.05. The van der Waals surface area contributed by atoms with Crippen LogP contribution in [0, 0.1) is 0 Å². The van der Waals surface area contributed by atoms with Crippen molar-refractivity contribution in [1.82, 2.24) is 5.32 Å². The number of rotatable bonds is 8. The van der Waals surface area contributed by atoms with Crippen LogP contribution >= 0.6 is 11.3 Å². The van der Waals surface area contributed by atoms with Crippen molar-refractivity contribution in [3.63, 3.8) is 0 Å². The van der Waals surface area contributed by atoms with Gasteiger partial charge in [-0.3, -0.25) is 4.79 Å². The molecular formula is C13H21NO2S. The molecule has 1 unspecified atom stereocenters. The van der Waals surface area contributed by atoms with E-state index in [4.69, 9.17) is 4.74 Å². The number of esters is 1. The number of carbonyl (C=O) groups is 1. The molecule has 0 aliphatic carbocycles. The molecule has 0 fully saturated rings. The zero-order valence-electron chi connectivity index (χ0n) is 10.6. The predicted molar refractivity (Wildman–Crippen MR) is 71.4 cm³/mol. The number of hydrogen-bond donors (Lipinski definition) is 1. The lowest BCUT2D eigenvalue weighted by molar-refractivity contribution is -0.145. The smallest absolute Gasteiger partial charge is 0.323 e. The average molecular weight is 255 g/mol. The second kappa shape index (κ2) is 8.25. The Morgan fingerprint density at radius 1 is 1.53 bits per heavy atom. The third-order valence-corrected chi connectivity index (χ3v) is 3.43. The van der Waals surface area contributed by atoms with E-state index in [1.807, 2.05) is 6.92 Å². The Hall–Kier alpha value is -0.870. The van der Waals surface area contributed by atoms with Gasteiger partial charge in [-0.2, -0.15) is 0 Å². The molecule has 3 nitrogen and oxygen atoms in total. The summed E-state index contributed by atoms with van der Waals surface area (Å²) in [6.07, 6.45) is 2.79. The van der Waals surface area contributed by atoms with Crippen LogP contribution in [-0.4, -0.2) is 25.2 Å². The second-order valence-electron chi connectivity index (χ2n) is 3.88. The zero-order valence-corrected chi connectivity index (χ0v) is 11.4. The summed E-state index contributed by atoms with van der Waals surface area (Å²) in [6.45, 7) is 5.19. The molecule has 0 aromatic carbocycles. The Labute approximate surface area is 107 Å². The number of thiophene rings is 1. The Morgan fingerprint density at radius 2 is 2.35 bits per heavy atom. The molecule has 1 rings (SSSR count). The summed E-state index contributed by atoms with van der Waals surface area (Å²) in [7, 11) is 0. The molecule has 1 atom stereocenters. The molecule has 0 aliphatic heterocycles. The van der Waals surface area contributed by atoms with Gasteiger partial charge < -0.3 is 10.1 Å². The molecule has 1 aromatic heterocycles. The lowest BCUT2D eigenvalue weighted by Crippen LogP contribution is -2.39. The quantitative estimate of drug-likeness (QED) is 0.726. The average Bonchev–Trinajstić information content (AvgIpc) is 2.81. The molecule has 1 heterocycles. The van der Waals surface area contributed by atoms with Gasteiger partial charge in [0.15, 0.2) is 0 Å². The summed E-state index contributed by atoms with van der Waals surface area (Å²) in [5.41, 5.74) is 0. The minimum absolute atomic E-state index is 0.125. The summed E-state index contributed by atoms with van der Waals surface area (Å²) in [6, 6.07) is 4.01. The standard InChI is InChI=1S/C13H21NO2S/c1-3-6-12(13(15)16-4-2)14-9-8-11-7-5-10-17-11/h5,7,10,12,14H,3-4,6,8-9H2,1-2H3. The van der Waals surface area contributed by atoms with Crippen LogP contribution in [0.4, 0.5) is 0 Å². The highest BCUT2D eigenvalue weighted by molar-refractivity contribution is 7.09. The van der Waals surface area contributed by atoms with E-state index in [2.05, 4.69) is 29.8 Å². The van der Waals surface area contributed by atoms with E-state index in [1.54, 1.807) is 11.3 Å². The van der Waals surface area contributed by atoms with Crippen LogP contribution in [0.2, 0.25) is 0 Å². The fraction of sp³-hybridized carbons (Fsp3) is 0.615. The Balaban J connectivity index is 2.31. The molecule has 0 radical (unpaired) electrons. The lowest BCUT2D eigenvalue weighted by Gasteiger charge is -2.16. The first-order valence-electron chi connectivity index (χ1n) is 6.20. The molecular weight excluding hydrogens is 234 g/mol. The first-order valence-corrected chi connectivity index (χ1v) is 7.08. The minimum Gasteiger partial charge on any atom is -0.465 e. The van der Waals surface area contributed by atoms with Crippen molar-refractivity contribution in [2.75, 3.05) is 13.2 Å². The van der Waals surface area contributed by atoms with Crippen LogP contribution in [-0.2, 0) is 16.0 Å². The van der Waals surface area contributed by atoms with Crippen LogP contribution in [0.5, 0.6) is 0 Å². The van der Waals surface area contributed by atoms with Crippen LogP contribution in [0.3, 0.4) is 0 Å². The molecule has 0 saturated carbocycles. The molecule has 17 heavy (non-hydrogen) atoms. The Bertz CT molecular complexity index is 311. The van der Waals surface area contributed by atoms with E-state index < -0.39 is 0 Å². The SMILES string of the molecule is CCCC(NCCc1cccs1)C(=O)OCC. The fourth-order valence-electron chi connectivity index (χ4n) is 1.66. The Kier molecular flexibility index (Phi) is 6.89. The van der Waals surface area contributed by atoms with Crippen molar-refractivity contribution in [2.24, 2.45) is 0 Å². The highest BCUT2D eigenvalue weighted by atomic mass is 32.1. The number of ether oxygens (including phenoxy) is 1. The van der Waals surface area contributed by atoms with E-state index in [9.17, 15) is 4.79 Å². The summed E-state index contributed by atoms with van der Waals surface area (Å²) in [5.74, 6) is -0.125. The van der Waals surface area contributed by atoms with Crippen molar-refractivity contribution in [2.45, 2.75) is 39.2 Å². The molecule has 0 saturated heterocycles. The van der Waals surface area contributed by atoms with E-state index in [0.717, 1.165) is 25.8 Å². The maximum atomic E-state index is 11.6. The van der Waals surface area contributed by atoms with E-state index >= 15 is 0 Å². The van der Waals surface area contributed by atoms with Crippen LogP contribution in [0.15, 0.2) is 17.5 Å². The van der Waals surface area contributed by atoms with Gasteiger partial charge in [0.05, 0.1) is 6.61 Å². The predicted octanol–water partition coefficient (Wildman–Crippen LogP) is 2.61. The van der Waals surface area contributed by atoms with Gasteiger partial charge in [0, 0.05) is 11.4 Å². The summed E-state index contributed by atoms with van der Waals surface area (Å²) >= 11 is 1.75. The lowest BCUT2D eigenvalue weighted by atomic mass is 10.1. The molecule has 0 spiro atoms. The van der Waals surface area contributed by atoms with E-state index in [-0.39, 0.29) is 12.0 Å². The zero-order chi connectivity index (χ0) is 12.5. The third kappa shape index (κ3) is 5.33. The fourth-order valence-corrected chi connectivity index (χ4v) is 2.37. The largest absolute Gasteiger partial charge is 0.465 e. The maximum Gasteiger partial charge on any atom is 0.323 e. The number of carbonyl (C=O) groups excluding carboxylic acids is 1. The Morgan fingerprint density at radius 3 is 2.94 bits per heavy atom. The van der Waals surface area contributed by atoms with Crippen molar-refractivity contribution in [3.8, 4) is 0 Å². The molecule has 4 heteroatoms. The van der Waals surface area contributed by atoms with Gasteiger partial charge in [-0.1, -0.05) is 19.4 Å². The summed E-state index contributed by atoms with van der Waals surface area (Å²) in [4.78, 5) is 13.0. The van der Waals surface area contributed by atoms with E-state index in [0.29, 0.717) is 6.61 Å². The van der Waals surface area contributed by atoms with Gasteiger partial charge in [-0.15, -0.1) is 11.3 Å². The van der Waals surface area contributed by atoms with Crippen LogP contribution in [0.25, 0.3) is 0 Å². The van der Waals surface area contributed by atoms with Crippen LogP contribution < -0.4 is 5.32 Å². The highest BCUT2D eigenvalue weighted by Gasteiger charge is 2.17. The second-order valence-corrected chi connectivity index (χ2v) is 4.91. The van der Waals surface area contributed by atoms with Crippen molar-refractivity contribution < 1.29 is 9.53 Å². The molecule has 96 valence electrons. The summed E-state index contributed by atoms with van der Waals surface area (Å²) in [5, 5.41) is 5.35. The van der Waals surface area contributed by atoms with Gasteiger partial charge in [-0.25, -0.2) is 0 Å². The highest BCUT2D eigenvalue weighted by Crippen LogP contribution is 2.08. The van der Waals surface area contributed by atoms with E-state index in [1.165, 1.54) is 4.88 Å². The molecule has 0 amide bonds. The first-order chi connectivity index (χ1) is 8.27. The van der Waals surface area contributed by atoms with Crippen molar-refractivity contribution in [1.29, 1.82) is 0 Å². The number of hydrogen-bond acceptors (Lipinski definition) is 4. The monoisotopic (exact) mass is 255 g/mol. The third-order valence-electron chi connectivity index (χ3n) is 2.49. The van der Waals surface area contributed by atoms with Crippen LogP contribution in [0.1, 0.15) is 31.6 Å². The molecule has 0 aliphatic rings. The topological polar surface area (TPSA) is 38.3 Å². The van der Waals surface area contributed by atoms with Crippen molar-refractivity contribution in [3.05, 3.63) is 22.4 Å².